The molecule has 3 nitrogen and oxygen atoms in total. The Hall–Kier alpha value is -2.07. The monoisotopic (exact) mass is 310 g/mol. The van der Waals surface area contributed by atoms with E-state index in [0.717, 1.165) is 5.69 Å². The van der Waals surface area contributed by atoms with Gasteiger partial charge in [-0.25, -0.2) is 4.79 Å². The number of urea groups is 1. The SMILES string of the molecule is C[Si](C)(C)[C@@H]1NC(=O)N(c2ccccc2)[C@@H]1c1ccccc1. The van der Waals surface area contributed by atoms with Crippen LogP contribution in [0.3, 0.4) is 0 Å². The predicted octanol–water partition coefficient (Wildman–Crippen LogP) is 4.20. The largest absolute Gasteiger partial charge is 0.335 e. The van der Waals surface area contributed by atoms with Gasteiger partial charge >= 0.3 is 6.03 Å². The van der Waals surface area contributed by atoms with Crippen LogP contribution in [-0.2, 0) is 0 Å². The number of para-hydroxylation sites is 1. The van der Waals surface area contributed by atoms with Crippen molar-refractivity contribution in [2.24, 2.45) is 0 Å². The van der Waals surface area contributed by atoms with Gasteiger partial charge < -0.3 is 5.32 Å². The van der Waals surface area contributed by atoms with Gasteiger partial charge in [-0.15, -0.1) is 0 Å². The first-order chi connectivity index (χ1) is 10.5. The summed E-state index contributed by atoms with van der Waals surface area (Å²) < 4.78 is 0. The zero-order chi connectivity index (χ0) is 15.7. The van der Waals surface area contributed by atoms with Crippen LogP contribution in [0.25, 0.3) is 0 Å². The lowest BCUT2D eigenvalue weighted by Gasteiger charge is -2.33. The van der Waals surface area contributed by atoms with Crippen LogP contribution in [0.15, 0.2) is 60.7 Å². The van der Waals surface area contributed by atoms with Crippen molar-refractivity contribution in [1.29, 1.82) is 0 Å². The molecule has 2 atom stereocenters. The number of nitrogens with zero attached hydrogens (tertiary/aromatic N) is 1. The highest BCUT2D eigenvalue weighted by Crippen LogP contribution is 2.37. The Kier molecular flexibility index (Phi) is 3.79. The third-order valence-corrected chi connectivity index (χ3v) is 6.53. The molecule has 1 aliphatic heterocycles. The average Bonchev–Trinajstić information content (AvgIpc) is 2.87. The maximum absolute atomic E-state index is 12.7. The molecule has 1 fully saturated rings. The van der Waals surface area contributed by atoms with Crippen LogP contribution in [0.2, 0.25) is 19.6 Å². The highest BCUT2D eigenvalue weighted by Gasteiger charge is 2.46. The van der Waals surface area contributed by atoms with Crippen molar-refractivity contribution < 1.29 is 4.79 Å². The fraction of sp³-hybridized carbons (Fsp3) is 0.278. The fourth-order valence-electron chi connectivity index (χ4n) is 3.11. The van der Waals surface area contributed by atoms with Crippen molar-refractivity contribution in [3.63, 3.8) is 0 Å². The van der Waals surface area contributed by atoms with Gasteiger partial charge in [-0.1, -0.05) is 68.2 Å². The third-order valence-electron chi connectivity index (χ3n) is 4.20. The van der Waals surface area contributed by atoms with Crippen molar-refractivity contribution in [2.45, 2.75) is 31.3 Å². The summed E-state index contributed by atoms with van der Waals surface area (Å²) in [5.41, 5.74) is 2.34. The molecule has 3 rings (SSSR count). The lowest BCUT2D eigenvalue weighted by Crippen LogP contribution is -2.48. The van der Waals surface area contributed by atoms with Crippen molar-refractivity contribution in [3.05, 3.63) is 66.2 Å². The van der Waals surface area contributed by atoms with Gasteiger partial charge in [0, 0.05) is 11.4 Å². The Morgan fingerprint density at radius 2 is 1.45 bits per heavy atom. The molecule has 2 aromatic carbocycles. The number of rotatable bonds is 3. The Labute approximate surface area is 133 Å². The van der Waals surface area contributed by atoms with Crippen molar-refractivity contribution in [2.75, 3.05) is 4.90 Å². The van der Waals surface area contributed by atoms with Gasteiger partial charge in [0.25, 0.3) is 0 Å². The Bertz CT molecular complexity index is 652. The Morgan fingerprint density at radius 3 is 2.00 bits per heavy atom. The molecular weight excluding hydrogens is 288 g/mol. The molecule has 0 saturated carbocycles. The van der Waals surface area contributed by atoms with E-state index in [4.69, 9.17) is 0 Å². The quantitative estimate of drug-likeness (QED) is 0.847. The van der Waals surface area contributed by atoms with E-state index in [9.17, 15) is 4.79 Å². The summed E-state index contributed by atoms with van der Waals surface area (Å²) in [6.45, 7) is 6.92. The van der Waals surface area contributed by atoms with Crippen LogP contribution in [0.1, 0.15) is 11.6 Å². The van der Waals surface area contributed by atoms with E-state index in [2.05, 4.69) is 37.1 Å². The number of benzene rings is 2. The predicted molar refractivity (Wildman–Crippen MR) is 93.8 cm³/mol. The molecule has 0 bridgehead atoms. The molecule has 2 aromatic rings. The first kappa shape index (κ1) is 14.8. The summed E-state index contributed by atoms with van der Waals surface area (Å²) in [7, 11) is -1.56. The van der Waals surface area contributed by atoms with E-state index < -0.39 is 8.07 Å². The van der Waals surface area contributed by atoms with Crippen LogP contribution in [-0.4, -0.2) is 19.8 Å². The summed E-state index contributed by atoms with van der Waals surface area (Å²) in [6.07, 6.45) is 0. The molecule has 1 saturated heterocycles. The molecule has 2 amide bonds. The number of carbonyl (C=O) groups is 1. The summed E-state index contributed by atoms with van der Waals surface area (Å²) in [5.74, 6) is 0. The summed E-state index contributed by atoms with van der Waals surface area (Å²) in [5, 5.41) is 3.24. The molecule has 22 heavy (non-hydrogen) atoms. The maximum Gasteiger partial charge on any atom is 0.322 e. The molecule has 0 radical (unpaired) electrons. The van der Waals surface area contributed by atoms with E-state index in [1.54, 1.807) is 0 Å². The third kappa shape index (κ3) is 2.66. The first-order valence-electron chi connectivity index (χ1n) is 7.68. The summed E-state index contributed by atoms with van der Waals surface area (Å²) in [4.78, 5) is 14.6. The molecule has 1 N–H and O–H groups in total. The van der Waals surface area contributed by atoms with Crippen LogP contribution in [0.5, 0.6) is 0 Å². The van der Waals surface area contributed by atoms with Gasteiger partial charge in [-0.2, -0.15) is 0 Å². The standard InChI is InChI=1S/C18H22N2OSi/c1-22(2,3)17-16(14-10-6-4-7-11-14)20(18(21)19-17)15-12-8-5-9-13-15/h4-13,16-17H,1-3H3,(H,19,21)/t16-,17+/m1/s1. The minimum Gasteiger partial charge on any atom is -0.335 e. The smallest absolute Gasteiger partial charge is 0.322 e. The van der Waals surface area contributed by atoms with Crippen LogP contribution in [0, 0.1) is 0 Å². The topological polar surface area (TPSA) is 32.3 Å². The second-order valence-corrected chi connectivity index (χ2v) is 12.2. The van der Waals surface area contributed by atoms with E-state index >= 15 is 0 Å². The van der Waals surface area contributed by atoms with Crippen LogP contribution < -0.4 is 10.2 Å². The van der Waals surface area contributed by atoms with Crippen molar-refractivity contribution >= 4 is 19.8 Å². The molecule has 1 heterocycles. The number of anilines is 1. The summed E-state index contributed by atoms with van der Waals surface area (Å²) in [6, 6.07) is 20.3. The molecule has 0 aliphatic carbocycles. The molecule has 0 aromatic heterocycles. The first-order valence-corrected chi connectivity index (χ1v) is 11.3. The normalized spacial score (nSPS) is 21.8. The van der Waals surface area contributed by atoms with E-state index in [0.29, 0.717) is 0 Å². The number of hydrogen-bond donors (Lipinski definition) is 1. The Balaban J connectivity index is 2.09. The molecule has 114 valence electrons. The minimum atomic E-state index is -1.56. The zero-order valence-electron chi connectivity index (χ0n) is 13.3. The van der Waals surface area contributed by atoms with E-state index in [1.165, 1.54) is 5.56 Å². The van der Waals surface area contributed by atoms with Crippen LogP contribution in [0.4, 0.5) is 10.5 Å². The van der Waals surface area contributed by atoms with Gasteiger partial charge in [0.05, 0.1) is 14.1 Å². The number of amides is 2. The fourth-order valence-corrected chi connectivity index (χ4v) is 4.95. The van der Waals surface area contributed by atoms with Crippen molar-refractivity contribution in [1.82, 2.24) is 5.32 Å². The zero-order valence-corrected chi connectivity index (χ0v) is 14.3. The van der Waals surface area contributed by atoms with E-state index in [1.807, 2.05) is 53.4 Å². The highest BCUT2D eigenvalue weighted by atomic mass is 28.3. The second kappa shape index (κ2) is 5.61. The average molecular weight is 310 g/mol. The Morgan fingerprint density at radius 1 is 0.909 bits per heavy atom. The number of nitrogens with one attached hydrogen (secondary N) is 1. The van der Waals surface area contributed by atoms with Gasteiger partial charge in [-0.05, 0) is 17.7 Å². The van der Waals surface area contributed by atoms with Gasteiger partial charge in [-0.3, -0.25) is 4.90 Å². The molecule has 0 spiro atoms. The molecule has 1 aliphatic rings. The lowest BCUT2D eigenvalue weighted by molar-refractivity contribution is 0.251. The molecule has 4 heteroatoms. The maximum atomic E-state index is 12.7. The van der Waals surface area contributed by atoms with Gasteiger partial charge in [0.2, 0.25) is 0 Å². The number of hydrogen-bond acceptors (Lipinski definition) is 1. The second-order valence-electron chi connectivity index (χ2n) is 6.85. The lowest BCUT2D eigenvalue weighted by atomic mass is 10.1. The highest BCUT2D eigenvalue weighted by molar-refractivity contribution is 6.78. The number of carbonyl (C=O) groups excluding carboxylic acids is 1. The van der Waals surface area contributed by atoms with Crippen LogP contribution >= 0.6 is 0 Å². The van der Waals surface area contributed by atoms with Gasteiger partial charge in [0.15, 0.2) is 0 Å². The summed E-state index contributed by atoms with van der Waals surface area (Å²) >= 11 is 0. The minimum absolute atomic E-state index is 0.00692. The van der Waals surface area contributed by atoms with Crippen molar-refractivity contribution in [3.8, 4) is 0 Å². The molecule has 0 unspecified atom stereocenters. The van der Waals surface area contributed by atoms with E-state index in [-0.39, 0.29) is 17.7 Å². The molecular formula is C18H22N2OSi. The van der Waals surface area contributed by atoms with Gasteiger partial charge in [0.1, 0.15) is 0 Å².